The van der Waals surface area contributed by atoms with E-state index in [0.29, 0.717) is 0 Å². The summed E-state index contributed by atoms with van der Waals surface area (Å²) in [4.78, 5) is 17.3. The standard InChI is InChI=1S/C22H25N5OS/c28-22-17-7-1-3-9-19(17)23-27(22)12-6-5-11-25-13-15-26(16-14-25)21-18-8-2-4-10-20(18)29-24-21/h1-4,7-10,23H,5-6,11-16H2. The quantitative estimate of drug-likeness (QED) is 0.497. The number of nitrogens with zero attached hydrogens (tertiary/aromatic N) is 4. The van der Waals surface area contributed by atoms with E-state index in [9.17, 15) is 4.79 Å². The average molecular weight is 408 g/mol. The number of para-hydroxylation sites is 1. The molecule has 7 heteroatoms. The molecule has 4 aromatic rings. The van der Waals surface area contributed by atoms with E-state index in [2.05, 4.69) is 39.2 Å². The van der Waals surface area contributed by atoms with E-state index in [1.807, 2.05) is 24.3 Å². The second-order valence-corrected chi connectivity index (χ2v) is 8.46. The SMILES string of the molecule is O=c1c2ccccc2[nH]n1CCCCN1CCN(c2nsc3ccccc23)CC1. The van der Waals surface area contributed by atoms with Gasteiger partial charge in [0.15, 0.2) is 0 Å². The van der Waals surface area contributed by atoms with Crippen LogP contribution in [0.3, 0.4) is 0 Å². The summed E-state index contributed by atoms with van der Waals surface area (Å²) < 4.78 is 7.70. The van der Waals surface area contributed by atoms with Crippen LogP contribution < -0.4 is 10.5 Å². The molecule has 0 radical (unpaired) electrons. The van der Waals surface area contributed by atoms with Crippen LogP contribution >= 0.6 is 11.5 Å². The predicted octanol–water partition coefficient (Wildman–Crippen LogP) is 3.54. The fourth-order valence-electron chi connectivity index (χ4n) is 4.16. The van der Waals surface area contributed by atoms with Crippen molar-refractivity contribution < 1.29 is 0 Å². The van der Waals surface area contributed by atoms with Crippen LogP contribution in [0, 0.1) is 0 Å². The minimum Gasteiger partial charge on any atom is -0.353 e. The molecule has 1 fully saturated rings. The lowest BCUT2D eigenvalue weighted by molar-refractivity contribution is 0.250. The summed E-state index contributed by atoms with van der Waals surface area (Å²) in [5.74, 6) is 1.14. The molecule has 0 unspecified atom stereocenters. The molecule has 2 aromatic carbocycles. The van der Waals surface area contributed by atoms with Crippen LogP contribution in [0.1, 0.15) is 12.8 Å². The maximum absolute atomic E-state index is 12.4. The predicted molar refractivity (Wildman–Crippen MR) is 120 cm³/mol. The minimum atomic E-state index is 0.0877. The smallest absolute Gasteiger partial charge is 0.274 e. The Hall–Kier alpha value is -2.64. The molecule has 1 saturated heterocycles. The molecule has 1 aliphatic rings. The molecule has 1 N–H and O–H groups in total. The Bertz CT molecular complexity index is 1170. The van der Waals surface area contributed by atoms with Crippen LogP contribution in [0.25, 0.3) is 21.0 Å². The number of anilines is 1. The van der Waals surface area contributed by atoms with Crippen LogP contribution in [0.15, 0.2) is 53.3 Å². The van der Waals surface area contributed by atoms with Gasteiger partial charge in [-0.05, 0) is 55.2 Å². The first-order valence-electron chi connectivity index (χ1n) is 10.3. The number of hydrogen-bond donors (Lipinski definition) is 1. The van der Waals surface area contributed by atoms with Crippen LogP contribution in [0.5, 0.6) is 0 Å². The maximum atomic E-state index is 12.4. The number of rotatable bonds is 6. The van der Waals surface area contributed by atoms with Crippen molar-refractivity contribution >= 4 is 38.3 Å². The molecule has 1 aliphatic heterocycles. The zero-order valence-electron chi connectivity index (χ0n) is 16.4. The zero-order chi connectivity index (χ0) is 19.6. The third-order valence-electron chi connectivity index (χ3n) is 5.79. The molecule has 0 saturated carbocycles. The molecular weight excluding hydrogens is 382 g/mol. The maximum Gasteiger partial charge on any atom is 0.274 e. The fraction of sp³-hybridized carbons (Fsp3) is 0.364. The highest BCUT2D eigenvalue weighted by Crippen LogP contribution is 2.29. The first-order valence-corrected chi connectivity index (χ1v) is 11.1. The van der Waals surface area contributed by atoms with E-state index in [0.717, 1.165) is 68.8 Å². The molecule has 5 rings (SSSR count). The summed E-state index contributed by atoms with van der Waals surface area (Å²) in [6.45, 7) is 6.01. The number of piperazine rings is 1. The topological polar surface area (TPSA) is 57.2 Å². The van der Waals surface area contributed by atoms with Crippen LogP contribution in [-0.2, 0) is 6.54 Å². The van der Waals surface area contributed by atoms with Gasteiger partial charge in [-0.3, -0.25) is 19.5 Å². The molecule has 3 heterocycles. The minimum absolute atomic E-state index is 0.0877. The van der Waals surface area contributed by atoms with Crippen LogP contribution in [0.2, 0.25) is 0 Å². The van der Waals surface area contributed by atoms with Gasteiger partial charge in [0.1, 0.15) is 5.82 Å². The number of H-pyrrole nitrogens is 1. The third kappa shape index (κ3) is 3.68. The Kier molecular flexibility index (Phi) is 5.08. The lowest BCUT2D eigenvalue weighted by Gasteiger charge is -2.35. The van der Waals surface area contributed by atoms with Gasteiger partial charge in [-0.2, -0.15) is 4.37 Å². The van der Waals surface area contributed by atoms with Crippen LogP contribution in [-0.4, -0.2) is 51.8 Å². The van der Waals surface area contributed by atoms with Crippen molar-refractivity contribution in [3.05, 3.63) is 58.9 Å². The zero-order valence-corrected chi connectivity index (χ0v) is 17.2. The van der Waals surface area contributed by atoms with Gasteiger partial charge in [-0.25, -0.2) is 0 Å². The van der Waals surface area contributed by atoms with Crippen LogP contribution in [0.4, 0.5) is 5.82 Å². The third-order valence-corrected chi connectivity index (χ3v) is 6.61. The van der Waals surface area contributed by atoms with Gasteiger partial charge >= 0.3 is 0 Å². The van der Waals surface area contributed by atoms with E-state index >= 15 is 0 Å². The van der Waals surface area contributed by atoms with Crippen molar-refractivity contribution in [1.29, 1.82) is 0 Å². The van der Waals surface area contributed by atoms with E-state index < -0.39 is 0 Å². The number of aromatic amines is 1. The van der Waals surface area contributed by atoms with E-state index in [-0.39, 0.29) is 5.56 Å². The lowest BCUT2D eigenvalue weighted by atomic mass is 10.2. The second kappa shape index (κ2) is 8.00. The van der Waals surface area contributed by atoms with Gasteiger partial charge in [0.2, 0.25) is 0 Å². The van der Waals surface area contributed by atoms with Crippen molar-refractivity contribution in [2.45, 2.75) is 19.4 Å². The van der Waals surface area contributed by atoms with Crippen molar-refractivity contribution in [1.82, 2.24) is 19.1 Å². The lowest BCUT2D eigenvalue weighted by Crippen LogP contribution is -2.46. The first kappa shape index (κ1) is 18.4. The van der Waals surface area contributed by atoms with Gasteiger partial charge < -0.3 is 4.90 Å². The molecular formula is C22H25N5OS. The van der Waals surface area contributed by atoms with Gasteiger partial charge in [0, 0.05) is 38.1 Å². The molecule has 0 spiro atoms. The summed E-state index contributed by atoms with van der Waals surface area (Å²) in [6, 6.07) is 16.2. The Morgan fingerprint density at radius 2 is 1.62 bits per heavy atom. The number of unbranched alkanes of at least 4 members (excludes halogenated alkanes) is 1. The largest absolute Gasteiger partial charge is 0.353 e. The highest BCUT2D eigenvalue weighted by Gasteiger charge is 2.20. The van der Waals surface area contributed by atoms with E-state index in [4.69, 9.17) is 4.37 Å². The second-order valence-electron chi connectivity index (χ2n) is 7.65. The molecule has 0 bridgehead atoms. The van der Waals surface area contributed by atoms with Gasteiger partial charge in [0.05, 0.1) is 15.6 Å². The normalized spacial score (nSPS) is 15.5. The summed E-state index contributed by atoms with van der Waals surface area (Å²) >= 11 is 1.59. The monoisotopic (exact) mass is 407 g/mol. The summed E-state index contributed by atoms with van der Waals surface area (Å²) in [7, 11) is 0. The summed E-state index contributed by atoms with van der Waals surface area (Å²) in [6.07, 6.45) is 2.10. The van der Waals surface area contributed by atoms with Crippen molar-refractivity contribution in [3.63, 3.8) is 0 Å². The summed E-state index contributed by atoms with van der Waals surface area (Å²) in [5.41, 5.74) is 1.01. The van der Waals surface area contributed by atoms with Crippen molar-refractivity contribution in [2.75, 3.05) is 37.6 Å². The number of nitrogens with one attached hydrogen (secondary N) is 1. The molecule has 2 aromatic heterocycles. The highest BCUT2D eigenvalue weighted by atomic mass is 32.1. The Balaban J connectivity index is 1.11. The Labute approximate surface area is 173 Å². The number of benzene rings is 2. The first-order chi connectivity index (χ1) is 14.3. The van der Waals surface area contributed by atoms with E-state index in [1.165, 1.54) is 10.1 Å². The molecule has 0 amide bonds. The van der Waals surface area contributed by atoms with Gasteiger partial charge in [0.25, 0.3) is 5.56 Å². The Morgan fingerprint density at radius 1 is 0.897 bits per heavy atom. The van der Waals surface area contributed by atoms with Gasteiger partial charge in [-0.15, -0.1) is 0 Å². The molecule has 29 heavy (non-hydrogen) atoms. The van der Waals surface area contributed by atoms with Crippen molar-refractivity contribution in [2.24, 2.45) is 0 Å². The number of fused-ring (bicyclic) bond motifs is 2. The average Bonchev–Trinajstić information content (AvgIpc) is 3.33. The molecule has 6 nitrogen and oxygen atoms in total. The number of aromatic nitrogens is 3. The fourth-order valence-corrected chi connectivity index (χ4v) is 4.95. The Morgan fingerprint density at radius 3 is 2.45 bits per heavy atom. The molecule has 150 valence electrons. The van der Waals surface area contributed by atoms with Gasteiger partial charge in [-0.1, -0.05) is 24.3 Å². The molecule has 0 aliphatic carbocycles. The summed E-state index contributed by atoms with van der Waals surface area (Å²) in [5, 5.41) is 5.27. The van der Waals surface area contributed by atoms with Crippen molar-refractivity contribution in [3.8, 4) is 0 Å². The molecule has 0 atom stereocenters. The highest BCUT2D eigenvalue weighted by molar-refractivity contribution is 7.13. The van der Waals surface area contributed by atoms with E-state index in [1.54, 1.807) is 16.2 Å². The number of aryl methyl sites for hydroxylation is 1. The number of hydrogen-bond acceptors (Lipinski definition) is 5.